The van der Waals surface area contributed by atoms with Crippen molar-refractivity contribution in [2.45, 2.75) is 32.2 Å². The average Bonchev–Trinajstić information content (AvgIpc) is 3.16. The zero-order valence-electron chi connectivity index (χ0n) is 13.3. The van der Waals surface area contributed by atoms with Crippen molar-refractivity contribution in [2.75, 3.05) is 13.1 Å². The Morgan fingerprint density at radius 3 is 2.74 bits per heavy atom. The number of aromatic nitrogens is 2. The second kappa shape index (κ2) is 6.72. The molecule has 1 saturated heterocycles. The lowest BCUT2D eigenvalue weighted by atomic mass is 10.0. The van der Waals surface area contributed by atoms with E-state index in [0.717, 1.165) is 30.9 Å². The molecule has 1 aromatic heterocycles. The van der Waals surface area contributed by atoms with Gasteiger partial charge in [0, 0.05) is 17.6 Å². The van der Waals surface area contributed by atoms with Crippen LogP contribution >= 0.6 is 11.6 Å². The number of nitrogens with zero attached hydrogens (tertiary/aromatic N) is 2. The zero-order valence-corrected chi connectivity index (χ0v) is 14.1. The number of amides is 1. The molecule has 1 unspecified atom stereocenters. The van der Waals surface area contributed by atoms with Gasteiger partial charge in [0.05, 0.1) is 23.1 Å². The average molecular weight is 333 g/mol. The first-order valence-electron chi connectivity index (χ1n) is 7.91. The van der Waals surface area contributed by atoms with Gasteiger partial charge in [0.25, 0.3) is 5.91 Å². The van der Waals surface area contributed by atoms with E-state index >= 15 is 0 Å². The third kappa shape index (κ3) is 3.41. The second-order valence-corrected chi connectivity index (χ2v) is 6.59. The molecule has 6 heteroatoms. The van der Waals surface area contributed by atoms with Crippen LogP contribution in [0.2, 0.25) is 5.02 Å². The van der Waals surface area contributed by atoms with Gasteiger partial charge in [-0.3, -0.25) is 4.79 Å². The third-order valence-corrected chi connectivity index (χ3v) is 4.32. The molecule has 1 fully saturated rings. The third-order valence-electron chi connectivity index (χ3n) is 4.06. The van der Waals surface area contributed by atoms with Crippen molar-refractivity contribution in [1.29, 1.82) is 0 Å². The molecule has 0 aliphatic carbocycles. The van der Waals surface area contributed by atoms with Crippen LogP contribution in [0.1, 0.15) is 42.2 Å². The van der Waals surface area contributed by atoms with E-state index in [1.165, 1.54) is 0 Å². The number of hydrogen-bond acceptors (Lipinski definition) is 3. The lowest BCUT2D eigenvalue weighted by Gasteiger charge is -2.15. The summed E-state index contributed by atoms with van der Waals surface area (Å²) in [6.07, 6.45) is 2.62. The monoisotopic (exact) mass is 332 g/mol. The SMILES string of the molecule is CC(C)c1c(C(=O)NC2CCNC2)cnn1-c1ccc(Cl)cc1. The molecule has 1 atom stereocenters. The fraction of sp³-hybridized carbons (Fsp3) is 0.412. The van der Waals surface area contributed by atoms with E-state index in [9.17, 15) is 4.79 Å². The highest BCUT2D eigenvalue weighted by molar-refractivity contribution is 6.30. The summed E-state index contributed by atoms with van der Waals surface area (Å²) in [5.41, 5.74) is 2.46. The van der Waals surface area contributed by atoms with E-state index in [4.69, 9.17) is 11.6 Å². The molecule has 5 nitrogen and oxygen atoms in total. The molecular weight excluding hydrogens is 312 g/mol. The number of rotatable bonds is 4. The molecule has 23 heavy (non-hydrogen) atoms. The molecule has 1 amide bonds. The number of halogens is 1. The zero-order chi connectivity index (χ0) is 16.4. The van der Waals surface area contributed by atoms with Gasteiger partial charge in [-0.15, -0.1) is 0 Å². The summed E-state index contributed by atoms with van der Waals surface area (Å²) in [6, 6.07) is 7.66. The largest absolute Gasteiger partial charge is 0.348 e. The first-order valence-corrected chi connectivity index (χ1v) is 8.29. The Bertz CT molecular complexity index is 687. The molecular formula is C17H21ClN4O. The van der Waals surface area contributed by atoms with Crippen LogP contribution in [-0.2, 0) is 0 Å². The summed E-state index contributed by atoms with van der Waals surface area (Å²) in [6.45, 7) is 5.91. The van der Waals surface area contributed by atoms with E-state index in [1.54, 1.807) is 6.20 Å². The van der Waals surface area contributed by atoms with Gasteiger partial charge in [0.2, 0.25) is 0 Å². The molecule has 2 heterocycles. The summed E-state index contributed by atoms with van der Waals surface area (Å²) in [4.78, 5) is 12.6. The predicted octanol–water partition coefficient (Wildman–Crippen LogP) is 2.74. The Balaban J connectivity index is 1.91. The maximum Gasteiger partial charge on any atom is 0.255 e. The van der Waals surface area contributed by atoms with Gasteiger partial charge < -0.3 is 10.6 Å². The Hall–Kier alpha value is -1.85. The van der Waals surface area contributed by atoms with E-state index in [2.05, 4.69) is 29.6 Å². The van der Waals surface area contributed by atoms with Crippen LogP contribution < -0.4 is 10.6 Å². The van der Waals surface area contributed by atoms with Gasteiger partial charge >= 0.3 is 0 Å². The van der Waals surface area contributed by atoms with Crippen LogP contribution in [0.5, 0.6) is 0 Å². The summed E-state index contributed by atoms with van der Waals surface area (Å²) in [5, 5.41) is 11.5. The van der Waals surface area contributed by atoms with Gasteiger partial charge in [-0.05, 0) is 43.1 Å². The minimum absolute atomic E-state index is 0.0531. The Kier molecular flexibility index (Phi) is 4.68. The summed E-state index contributed by atoms with van der Waals surface area (Å²) >= 11 is 5.95. The van der Waals surface area contributed by atoms with Crippen LogP contribution in [0.25, 0.3) is 5.69 Å². The number of nitrogens with one attached hydrogen (secondary N) is 2. The van der Waals surface area contributed by atoms with E-state index in [1.807, 2.05) is 28.9 Å². The molecule has 1 aliphatic heterocycles. The molecule has 1 aliphatic rings. The number of carbonyl (C=O) groups is 1. The van der Waals surface area contributed by atoms with E-state index in [-0.39, 0.29) is 17.9 Å². The fourth-order valence-corrected chi connectivity index (χ4v) is 3.04. The van der Waals surface area contributed by atoms with E-state index in [0.29, 0.717) is 10.6 Å². The maximum atomic E-state index is 12.6. The minimum atomic E-state index is -0.0531. The van der Waals surface area contributed by atoms with Gasteiger partial charge in [-0.1, -0.05) is 25.4 Å². The first kappa shape index (κ1) is 16.0. The van der Waals surface area contributed by atoms with Gasteiger partial charge in [0.1, 0.15) is 0 Å². The van der Waals surface area contributed by atoms with Crippen LogP contribution in [0.4, 0.5) is 0 Å². The molecule has 0 saturated carbocycles. The molecule has 0 spiro atoms. The molecule has 0 radical (unpaired) electrons. The minimum Gasteiger partial charge on any atom is -0.348 e. The molecule has 3 rings (SSSR count). The van der Waals surface area contributed by atoms with Crippen LogP contribution in [0.3, 0.4) is 0 Å². The summed E-state index contributed by atoms with van der Waals surface area (Å²) in [5.74, 6) is 0.123. The lowest BCUT2D eigenvalue weighted by Crippen LogP contribution is -2.36. The highest BCUT2D eigenvalue weighted by atomic mass is 35.5. The fourth-order valence-electron chi connectivity index (χ4n) is 2.92. The molecule has 2 aromatic rings. The Morgan fingerprint density at radius 2 is 2.13 bits per heavy atom. The topological polar surface area (TPSA) is 59.0 Å². The van der Waals surface area contributed by atoms with Crippen LogP contribution in [-0.4, -0.2) is 34.8 Å². The second-order valence-electron chi connectivity index (χ2n) is 6.15. The van der Waals surface area contributed by atoms with Gasteiger partial charge in [-0.25, -0.2) is 4.68 Å². The summed E-state index contributed by atoms with van der Waals surface area (Å²) < 4.78 is 1.82. The highest BCUT2D eigenvalue weighted by Crippen LogP contribution is 2.24. The van der Waals surface area contributed by atoms with Crippen LogP contribution in [0, 0.1) is 0 Å². The molecule has 2 N–H and O–H groups in total. The van der Waals surface area contributed by atoms with Crippen molar-refractivity contribution in [3.05, 3.63) is 46.7 Å². The van der Waals surface area contributed by atoms with Crippen molar-refractivity contribution in [3.63, 3.8) is 0 Å². The Morgan fingerprint density at radius 1 is 1.39 bits per heavy atom. The smallest absolute Gasteiger partial charge is 0.255 e. The molecule has 0 bridgehead atoms. The number of hydrogen-bond donors (Lipinski definition) is 2. The standard InChI is InChI=1S/C17H21ClN4O/c1-11(2)16-15(17(23)21-13-7-8-19-9-13)10-20-22(16)14-5-3-12(18)4-6-14/h3-6,10-11,13,19H,7-9H2,1-2H3,(H,21,23). The van der Waals surface area contributed by atoms with Gasteiger partial charge in [0.15, 0.2) is 0 Å². The highest BCUT2D eigenvalue weighted by Gasteiger charge is 2.24. The number of carbonyl (C=O) groups excluding carboxylic acids is 1. The first-order chi connectivity index (χ1) is 11.1. The van der Waals surface area contributed by atoms with Crippen molar-refractivity contribution >= 4 is 17.5 Å². The molecule has 122 valence electrons. The normalized spacial score (nSPS) is 17.7. The van der Waals surface area contributed by atoms with Crippen molar-refractivity contribution in [3.8, 4) is 5.69 Å². The quantitative estimate of drug-likeness (QED) is 0.905. The number of benzene rings is 1. The van der Waals surface area contributed by atoms with Crippen molar-refractivity contribution in [1.82, 2.24) is 20.4 Å². The lowest BCUT2D eigenvalue weighted by molar-refractivity contribution is 0.0938. The predicted molar refractivity (Wildman–Crippen MR) is 91.4 cm³/mol. The summed E-state index contributed by atoms with van der Waals surface area (Å²) in [7, 11) is 0. The van der Waals surface area contributed by atoms with Crippen molar-refractivity contribution < 1.29 is 4.79 Å². The van der Waals surface area contributed by atoms with Crippen LogP contribution in [0.15, 0.2) is 30.5 Å². The Labute approximate surface area is 141 Å². The molecule has 1 aromatic carbocycles. The van der Waals surface area contributed by atoms with Gasteiger partial charge in [-0.2, -0.15) is 5.10 Å². The van der Waals surface area contributed by atoms with E-state index < -0.39 is 0 Å². The van der Waals surface area contributed by atoms with Crippen molar-refractivity contribution in [2.24, 2.45) is 0 Å². The maximum absolute atomic E-state index is 12.6.